The standard InChI is InChI=1S/C37H58O9/c1-32(2)24-16-26(41)37(7)30(35(24,5)9-8-25(32)40)22(39)15-20-21-17-34(4,11-10-33(21,3)12-13-36(20,37)6)31(45)46-23-14-19(18-38)27(42)29(44)28(23)43/h15,19,21,23-30,38,40-44H,8-14,16-18H2,1-7H3. The fourth-order valence-corrected chi connectivity index (χ4v) is 12.2. The Morgan fingerprint density at radius 1 is 0.848 bits per heavy atom. The van der Waals surface area contributed by atoms with Gasteiger partial charge in [0.2, 0.25) is 0 Å². The van der Waals surface area contributed by atoms with Crippen molar-refractivity contribution >= 4 is 11.8 Å². The molecule has 9 heteroatoms. The van der Waals surface area contributed by atoms with E-state index in [-0.39, 0.29) is 40.8 Å². The second-order valence-electron chi connectivity index (χ2n) is 18.3. The third-order valence-corrected chi connectivity index (χ3v) is 15.7. The quantitative estimate of drug-likeness (QED) is 0.253. The van der Waals surface area contributed by atoms with Crippen LogP contribution >= 0.6 is 0 Å². The average molecular weight is 647 g/mol. The summed E-state index contributed by atoms with van der Waals surface area (Å²) in [6.45, 7) is 14.5. The third kappa shape index (κ3) is 4.47. The summed E-state index contributed by atoms with van der Waals surface area (Å²) in [5, 5.41) is 64.2. The number of ether oxygens (including phenoxy) is 1. The van der Waals surface area contributed by atoms with Crippen LogP contribution in [0.5, 0.6) is 0 Å². The summed E-state index contributed by atoms with van der Waals surface area (Å²) in [6, 6.07) is 0. The molecule has 0 aromatic carbocycles. The minimum absolute atomic E-state index is 0.00104. The lowest BCUT2D eigenvalue weighted by atomic mass is 9.33. The molecule has 9 nitrogen and oxygen atoms in total. The van der Waals surface area contributed by atoms with Crippen molar-refractivity contribution in [3.63, 3.8) is 0 Å². The molecule has 0 radical (unpaired) electrons. The summed E-state index contributed by atoms with van der Waals surface area (Å²) in [5.41, 5.74) is -1.98. The van der Waals surface area contributed by atoms with Gasteiger partial charge in [0.15, 0.2) is 5.78 Å². The van der Waals surface area contributed by atoms with E-state index in [9.17, 15) is 40.2 Å². The van der Waals surface area contributed by atoms with Crippen molar-refractivity contribution in [2.24, 2.45) is 56.2 Å². The molecule has 0 aromatic heterocycles. The van der Waals surface area contributed by atoms with Gasteiger partial charge in [-0.1, -0.05) is 47.1 Å². The number of carbonyl (C=O) groups excluding carboxylic acids is 2. The Balaban J connectivity index is 1.34. The molecule has 0 saturated heterocycles. The van der Waals surface area contributed by atoms with Crippen molar-refractivity contribution in [3.05, 3.63) is 11.6 Å². The Labute approximate surface area is 273 Å². The van der Waals surface area contributed by atoms with Crippen molar-refractivity contribution in [1.29, 1.82) is 0 Å². The summed E-state index contributed by atoms with van der Waals surface area (Å²) in [5.74, 6) is -1.61. The summed E-state index contributed by atoms with van der Waals surface area (Å²) in [4.78, 5) is 28.5. The molecule has 6 N–H and O–H groups in total. The van der Waals surface area contributed by atoms with Crippen LogP contribution in [0.15, 0.2) is 11.6 Å². The molecule has 15 atom stereocenters. The first kappa shape index (κ1) is 34.5. The lowest BCUT2D eigenvalue weighted by molar-refractivity contribution is -0.238. The zero-order chi connectivity index (χ0) is 34.0. The molecular formula is C37H58O9. The maximum absolute atomic E-state index is 14.6. The topological polar surface area (TPSA) is 165 Å². The smallest absolute Gasteiger partial charge is 0.312 e. The van der Waals surface area contributed by atoms with Crippen LogP contribution in [0.2, 0.25) is 0 Å². The van der Waals surface area contributed by atoms with Crippen molar-refractivity contribution < 1.29 is 45.0 Å². The fraction of sp³-hybridized carbons (Fsp3) is 0.892. The molecule has 6 rings (SSSR count). The van der Waals surface area contributed by atoms with E-state index in [0.717, 1.165) is 31.3 Å². The minimum Gasteiger partial charge on any atom is -0.459 e. The Morgan fingerprint density at radius 2 is 1.50 bits per heavy atom. The van der Waals surface area contributed by atoms with Gasteiger partial charge in [0.05, 0.1) is 23.7 Å². The summed E-state index contributed by atoms with van der Waals surface area (Å²) < 4.78 is 5.90. The Bertz CT molecular complexity index is 1290. The van der Waals surface area contributed by atoms with Gasteiger partial charge in [0, 0.05) is 23.9 Å². The Hall–Kier alpha value is -1.36. The molecule has 0 bridgehead atoms. The van der Waals surface area contributed by atoms with Crippen molar-refractivity contribution in [2.45, 2.75) is 143 Å². The first-order valence-electron chi connectivity index (χ1n) is 17.7. The number of allylic oxidation sites excluding steroid dienone is 2. The number of fused-ring (bicyclic) bond motifs is 7. The number of hydrogen-bond acceptors (Lipinski definition) is 9. The van der Waals surface area contributed by atoms with Crippen LogP contribution in [-0.2, 0) is 14.3 Å². The molecule has 0 aromatic rings. The molecule has 46 heavy (non-hydrogen) atoms. The molecule has 260 valence electrons. The van der Waals surface area contributed by atoms with Crippen molar-refractivity contribution in [2.75, 3.05) is 6.61 Å². The maximum Gasteiger partial charge on any atom is 0.312 e. The third-order valence-electron chi connectivity index (χ3n) is 15.7. The predicted octanol–water partition coefficient (Wildman–Crippen LogP) is 3.31. The van der Waals surface area contributed by atoms with E-state index in [1.54, 1.807) is 0 Å². The first-order chi connectivity index (χ1) is 21.2. The molecule has 0 amide bonds. The van der Waals surface area contributed by atoms with Crippen LogP contribution in [0.25, 0.3) is 0 Å². The van der Waals surface area contributed by atoms with Crippen molar-refractivity contribution in [1.82, 2.24) is 0 Å². The van der Waals surface area contributed by atoms with Gasteiger partial charge in [-0.2, -0.15) is 0 Å². The van der Waals surface area contributed by atoms with Crippen LogP contribution in [0, 0.1) is 56.2 Å². The highest BCUT2D eigenvalue weighted by Gasteiger charge is 2.73. The number of hydrogen-bond donors (Lipinski definition) is 6. The lowest BCUT2D eigenvalue weighted by Crippen LogP contribution is -2.70. The average Bonchev–Trinajstić information content (AvgIpc) is 2.99. The molecule has 0 aliphatic heterocycles. The van der Waals surface area contributed by atoms with Gasteiger partial charge in [-0.15, -0.1) is 0 Å². The van der Waals surface area contributed by atoms with Gasteiger partial charge in [-0.25, -0.2) is 0 Å². The van der Waals surface area contributed by atoms with Crippen LogP contribution in [0.1, 0.15) is 106 Å². The first-order valence-corrected chi connectivity index (χ1v) is 17.7. The van der Waals surface area contributed by atoms with Gasteiger partial charge in [-0.05, 0) is 104 Å². The van der Waals surface area contributed by atoms with Gasteiger partial charge < -0.3 is 35.4 Å². The number of carbonyl (C=O) groups is 2. The molecule has 15 unspecified atom stereocenters. The Morgan fingerprint density at radius 3 is 2.15 bits per heavy atom. The van der Waals surface area contributed by atoms with Crippen LogP contribution < -0.4 is 0 Å². The molecule has 5 fully saturated rings. The van der Waals surface area contributed by atoms with E-state index in [4.69, 9.17) is 4.74 Å². The predicted molar refractivity (Wildman–Crippen MR) is 170 cm³/mol. The van der Waals surface area contributed by atoms with E-state index >= 15 is 0 Å². The summed E-state index contributed by atoms with van der Waals surface area (Å²) >= 11 is 0. The molecule has 0 heterocycles. The van der Waals surface area contributed by atoms with E-state index in [2.05, 4.69) is 41.5 Å². The van der Waals surface area contributed by atoms with Crippen molar-refractivity contribution in [3.8, 4) is 0 Å². The second-order valence-corrected chi connectivity index (χ2v) is 18.3. The van der Waals surface area contributed by atoms with Gasteiger partial charge in [-0.3, -0.25) is 9.59 Å². The zero-order valence-corrected chi connectivity index (χ0v) is 28.8. The van der Waals surface area contributed by atoms with E-state index in [1.165, 1.54) is 0 Å². The normalized spacial score (nSPS) is 54.8. The SMILES string of the molecule is CC1(C(=O)OC2CC(CO)C(O)C(O)C2O)CCC2(C)CCC3(C)C(=CC(=O)C4C5(C)CCC(O)C(C)(C)C5CC(O)C43C)C2C1. The van der Waals surface area contributed by atoms with Gasteiger partial charge >= 0.3 is 5.97 Å². The monoisotopic (exact) mass is 646 g/mol. The van der Waals surface area contributed by atoms with E-state index in [0.29, 0.717) is 25.7 Å². The number of rotatable bonds is 3. The van der Waals surface area contributed by atoms with Gasteiger partial charge in [0.25, 0.3) is 0 Å². The lowest BCUT2D eigenvalue weighted by Gasteiger charge is -2.71. The molecule has 5 saturated carbocycles. The fourth-order valence-electron chi connectivity index (χ4n) is 12.2. The summed E-state index contributed by atoms with van der Waals surface area (Å²) in [6.07, 6.45) is 0.837. The highest BCUT2D eigenvalue weighted by Crippen LogP contribution is 2.75. The zero-order valence-electron chi connectivity index (χ0n) is 28.8. The number of ketones is 1. The maximum atomic E-state index is 14.6. The highest BCUT2D eigenvalue weighted by atomic mass is 16.6. The van der Waals surface area contributed by atoms with E-state index < -0.39 is 76.8 Å². The Kier molecular flexibility index (Phi) is 8.11. The highest BCUT2D eigenvalue weighted by molar-refractivity contribution is 5.96. The number of aliphatic hydroxyl groups is 6. The largest absolute Gasteiger partial charge is 0.459 e. The van der Waals surface area contributed by atoms with Gasteiger partial charge in [0.1, 0.15) is 18.3 Å². The molecule has 6 aliphatic rings. The number of aliphatic hydroxyl groups excluding tert-OH is 6. The minimum atomic E-state index is -1.53. The molecule has 0 spiro atoms. The van der Waals surface area contributed by atoms with Crippen LogP contribution in [-0.4, -0.2) is 85.6 Å². The van der Waals surface area contributed by atoms with Crippen LogP contribution in [0.3, 0.4) is 0 Å². The van der Waals surface area contributed by atoms with E-state index in [1.807, 2.05) is 13.0 Å². The van der Waals surface area contributed by atoms with Crippen LogP contribution in [0.4, 0.5) is 0 Å². The molecular weight excluding hydrogens is 588 g/mol. The molecule has 6 aliphatic carbocycles. The number of esters is 1. The summed E-state index contributed by atoms with van der Waals surface area (Å²) in [7, 11) is 0. The second kappa shape index (κ2) is 10.8.